The number of carbonyl (C=O) groups excluding carboxylic acids is 2. The summed E-state index contributed by atoms with van der Waals surface area (Å²) in [4.78, 5) is 36.3. The third-order valence-electron chi connectivity index (χ3n) is 5.90. The normalized spacial score (nSPS) is 14.1. The molecule has 3 N–H and O–H groups in total. The molecule has 1 aliphatic rings. The van der Waals surface area contributed by atoms with E-state index in [2.05, 4.69) is 22.8 Å². The Morgan fingerprint density at radius 3 is 2.12 bits per heavy atom. The van der Waals surface area contributed by atoms with Crippen molar-refractivity contribution in [2.24, 2.45) is 5.92 Å². The summed E-state index contributed by atoms with van der Waals surface area (Å²) in [5.74, 6) is -1.36. The average Bonchev–Trinajstić information content (AvgIpc) is 3.13. The third-order valence-corrected chi connectivity index (χ3v) is 5.90. The lowest BCUT2D eigenvalue weighted by molar-refractivity contribution is -0.140. The Morgan fingerprint density at radius 2 is 1.59 bits per heavy atom. The Kier molecular flexibility index (Phi) is 8.65. The predicted molar refractivity (Wildman–Crippen MR) is 128 cm³/mol. The number of fused-ring (bicyclic) bond motifs is 3. The van der Waals surface area contributed by atoms with Crippen molar-refractivity contribution in [3.63, 3.8) is 0 Å². The number of hydrogen-bond donors (Lipinski definition) is 3. The van der Waals surface area contributed by atoms with Gasteiger partial charge in [-0.2, -0.15) is 0 Å². The third kappa shape index (κ3) is 6.35. The fourth-order valence-electron chi connectivity index (χ4n) is 4.26. The first-order valence-electron chi connectivity index (χ1n) is 11.4. The van der Waals surface area contributed by atoms with Gasteiger partial charge in [0.25, 0.3) is 0 Å². The molecule has 3 rings (SSSR count). The number of hydrogen-bond acceptors (Lipinski definition) is 5. The second-order valence-corrected chi connectivity index (χ2v) is 8.85. The van der Waals surface area contributed by atoms with E-state index in [-0.39, 0.29) is 31.4 Å². The Morgan fingerprint density at radius 1 is 1.00 bits per heavy atom. The lowest BCUT2D eigenvalue weighted by Gasteiger charge is -2.22. The quantitative estimate of drug-likeness (QED) is 0.465. The van der Waals surface area contributed by atoms with Gasteiger partial charge in [0.1, 0.15) is 12.6 Å². The number of amides is 2. The highest BCUT2D eigenvalue weighted by Crippen LogP contribution is 2.44. The molecule has 2 unspecified atom stereocenters. The van der Waals surface area contributed by atoms with E-state index in [1.165, 1.54) is 7.11 Å². The van der Waals surface area contributed by atoms with Crippen molar-refractivity contribution in [1.82, 2.24) is 10.6 Å². The van der Waals surface area contributed by atoms with Crippen LogP contribution in [0.15, 0.2) is 48.5 Å². The van der Waals surface area contributed by atoms with Crippen molar-refractivity contribution in [3.8, 4) is 11.1 Å². The second kappa shape index (κ2) is 11.7. The average molecular weight is 469 g/mol. The van der Waals surface area contributed by atoms with Crippen molar-refractivity contribution in [2.75, 3.05) is 20.3 Å². The Bertz CT molecular complexity index is 976. The summed E-state index contributed by atoms with van der Waals surface area (Å²) in [6.45, 7) is 4.08. The lowest BCUT2D eigenvalue weighted by Crippen LogP contribution is -2.49. The van der Waals surface area contributed by atoms with Crippen LogP contribution in [0.5, 0.6) is 0 Å². The molecule has 0 saturated heterocycles. The summed E-state index contributed by atoms with van der Waals surface area (Å²) in [5, 5.41) is 14.3. The van der Waals surface area contributed by atoms with Crippen LogP contribution < -0.4 is 10.6 Å². The fourth-order valence-corrected chi connectivity index (χ4v) is 4.26. The topological polar surface area (TPSA) is 114 Å². The van der Waals surface area contributed by atoms with E-state index in [4.69, 9.17) is 14.6 Å². The molecule has 2 atom stereocenters. The Balaban J connectivity index is 1.61. The van der Waals surface area contributed by atoms with E-state index >= 15 is 0 Å². The minimum Gasteiger partial charge on any atom is -0.481 e. The van der Waals surface area contributed by atoms with Gasteiger partial charge in [0.05, 0.1) is 12.5 Å². The van der Waals surface area contributed by atoms with Crippen LogP contribution in [0.2, 0.25) is 0 Å². The fraction of sp³-hybridized carbons (Fsp3) is 0.423. The number of alkyl carbamates (subject to hydrolysis) is 1. The van der Waals surface area contributed by atoms with Gasteiger partial charge in [0.2, 0.25) is 5.91 Å². The number of carboxylic acid groups (broad SMARTS) is 1. The molecule has 1 aliphatic carbocycles. The Labute approximate surface area is 199 Å². The first-order valence-corrected chi connectivity index (χ1v) is 11.4. The van der Waals surface area contributed by atoms with Gasteiger partial charge in [-0.1, -0.05) is 62.4 Å². The number of carboxylic acids is 1. The van der Waals surface area contributed by atoms with Crippen LogP contribution >= 0.6 is 0 Å². The SMILES string of the molecule is COC(CNC(=O)C(CC(C)C)NC(=O)OCC1c2ccccc2-c2ccccc21)CC(=O)O. The monoisotopic (exact) mass is 468 g/mol. The first kappa shape index (κ1) is 25.2. The zero-order valence-corrected chi connectivity index (χ0v) is 19.7. The van der Waals surface area contributed by atoms with Crippen LogP contribution in [-0.2, 0) is 19.1 Å². The molecule has 2 aromatic rings. The van der Waals surface area contributed by atoms with E-state index in [1.807, 2.05) is 50.2 Å². The van der Waals surface area contributed by atoms with Gasteiger partial charge in [-0.05, 0) is 34.6 Å². The molecule has 182 valence electrons. The molecule has 0 bridgehead atoms. The molecular weight excluding hydrogens is 436 g/mol. The zero-order valence-electron chi connectivity index (χ0n) is 19.7. The smallest absolute Gasteiger partial charge is 0.407 e. The molecule has 0 heterocycles. The van der Waals surface area contributed by atoms with Crippen molar-refractivity contribution >= 4 is 18.0 Å². The summed E-state index contributed by atoms with van der Waals surface area (Å²) in [7, 11) is 1.39. The summed E-state index contributed by atoms with van der Waals surface area (Å²) in [6, 6.07) is 15.3. The molecule has 0 saturated carbocycles. The molecule has 2 aromatic carbocycles. The number of carbonyl (C=O) groups is 3. The van der Waals surface area contributed by atoms with Crippen LogP contribution in [0.4, 0.5) is 4.79 Å². The number of aliphatic carboxylic acids is 1. The molecule has 0 aliphatic heterocycles. The molecule has 0 radical (unpaired) electrons. The van der Waals surface area contributed by atoms with Crippen LogP contribution in [0, 0.1) is 5.92 Å². The van der Waals surface area contributed by atoms with E-state index < -0.39 is 30.1 Å². The minimum absolute atomic E-state index is 0.0304. The maximum absolute atomic E-state index is 12.7. The van der Waals surface area contributed by atoms with Crippen molar-refractivity contribution in [3.05, 3.63) is 59.7 Å². The van der Waals surface area contributed by atoms with Crippen LogP contribution in [-0.4, -0.2) is 55.5 Å². The summed E-state index contributed by atoms with van der Waals surface area (Å²) >= 11 is 0. The predicted octanol–water partition coefficient (Wildman–Crippen LogP) is 3.55. The van der Waals surface area contributed by atoms with E-state index in [0.29, 0.717) is 6.42 Å². The van der Waals surface area contributed by atoms with Crippen molar-refractivity contribution in [2.45, 2.75) is 44.8 Å². The van der Waals surface area contributed by atoms with E-state index in [9.17, 15) is 14.4 Å². The molecule has 2 amide bonds. The number of nitrogens with one attached hydrogen (secondary N) is 2. The molecular formula is C26H32N2O6. The summed E-state index contributed by atoms with van der Waals surface area (Å²) < 4.78 is 10.7. The Hall–Kier alpha value is -3.39. The highest BCUT2D eigenvalue weighted by Gasteiger charge is 2.30. The highest BCUT2D eigenvalue weighted by atomic mass is 16.5. The van der Waals surface area contributed by atoms with Crippen LogP contribution in [0.25, 0.3) is 11.1 Å². The molecule has 0 fully saturated rings. The number of benzene rings is 2. The van der Waals surface area contributed by atoms with Gasteiger partial charge in [0.15, 0.2) is 0 Å². The van der Waals surface area contributed by atoms with Gasteiger partial charge >= 0.3 is 12.1 Å². The van der Waals surface area contributed by atoms with Crippen LogP contribution in [0.1, 0.15) is 43.7 Å². The maximum Gasteiger partial charge on any atom is 0.407 e. The lowest BCUT2D eigenvalue weighted by atomic mass is 9.98. The van der Waals surface area contributed by atoms with Gasteiger partial charge in [-0.15, -0.1) is 0 Å². The van der Waals surface area contributed by atoms with Gasteiger partial charge in [-0.3, -0.25) is 9.59 Å². The number of rotatable bonds is 11. The minimum atomic E-state index is -1.02. The highest BCUT2D eigenvalue weighted by molar-refractivity contribution is 5.86. The van der Waals surface area contributed by atoms with E-state index in [1.54, 1.807) is 0 Å². The van der Waals surface area contributed by atoms with Gasteiger partial charge < -0.3 is 25.2 Å². The second-order valence-electron chi connectivity index (χ2n) is 8.85. The molecule has 34 heavy (non-hydrogen) atoms. The molecule has 0 spiro atoms. The summed E-state index contributed by atoms with van der Waals surface area (Å²) in [5.41, 5.74) is 4.49. The summed E-state index contributed by atoms with van der Waals surface area (Å²) in [6.07, 6.45) is -1.15. The number of methoxy groups -OCH3 is 1. The van der Waals surface area contributed by atoms with Crippen molar-refractivity contribution in [1.29, 1.82) is 0 Å². The van der Waals surface area contributed by atoms with E-state index in [0.717, 1.165) is 22.3 Å². The van der Waals surface area contributed by atoms with Gasteiger partial charge in [-0.25, -0.2) is 4.79 Å². The standard InChI is InChI=1S/C26H32N2O6/c1-16(2)12-23(25(31)27-14-17(33-3)13-24(29)30)28-26(32)34-15-22-20-10-6-4-8-18(20)19-9-5-7-11-21(19)22/h4-11,16-17,22-23H,12-15H2,1-3H3,(H,27,31)(H,28,32)(H,29,30). The number of ether oxygens (including phenoxy) is 2. The molecule has 8 nitrogen and oxygen atoms in total. The largest absolute Gasteiger partial charge is 0.481 e. The van der Waals surface area contributed by atoms with Crippen LogP contribution in [0.3, 0.4) is 0 Å². The first-order chi connectivity index (χ1) is 16.3. The molecule has 8 heteroatoms. The maximum atomic E-state index is 12.7. The molecule has 0 aromatic heterocycles. The van der Waals surface area contributed by atoms with Crippen molar-refractivity contribution < 1.29 is 29.0 Å². The zero-order chi connectivity index (χ0) is 24.7. The van der Waals surface area contributed by atoms with Gasteiger partial charge in [0, 0.05) is 19.6 Å².